The van der Waals surface area contributed by atoms with Gasteiger partial charge in [0.15, 0.2) is 16.6 Å². The molecule has 2 heterocycles. The number of thiocarbonyl (C=S) groups is 1. The van der Waals surface area contributed by atoms with Gasteiger partial charge in [-0.2, -0.15) is 4.98 Å². The third-order valence-electron chi connectivity index (χ3n) is 5.62. The Balaban J connectivity index is 1.82. The normalized spacial score (nSPS) is 15.9. The zero-order valence-corrected chi connectivity index (χ0v) is 19.9. The molecule has 0 saturated carbocycles. The Morgan fingerprint density at radius 1 is 1.12 bits per heavy atom. The molecule has 170 valence electrons. The van der Waals surface area contributed by atoms with Gasteiger partial charge in [0.1, 0.15) is 0 Å². The summed E-state index contributed by atoms with van der Waals surface area (Å²) in [6, 6.07) is 13.5. The van der Waals surface area contributed by atoms with Crippen molar-refractivity contribution in [1.29, 1.82) is 0 Å². The average Bonchev–Trinajstić information content (AvgIpc) is 3.31. The molecule has 3 aromatic rings. The number of ether oxygens (including phenoxy) is 2. The Hall–Kier alpha value is -3.65. The van der Waals surface area contributed by atoms with Crippen LogP contribution in [0.4, 0.5) is 0 Å². The molecule has 1 unspecified atom stereocenters. The number of hydrogen-bond acceptors (Lipinski definition) is 6. The van der Waals surface area contributed by atoms with Gasteiger partial charge >= 0.3 is 0 Å². The van der Waals surface area contributed by atoms with Crippen molar-refractivity contribution in [2.45, 2.75) is 19.9 Å². The Morgan fingerprint density at radius 2 is 1.85 bits per heavy atom. The number of methoxy groups -OCH3 is 2. The van der Waals surface area contributed by atoms with E-state index in [4.69, 9.17) is 31.2 Å². The van der Waals surface area contributed by atoms with Crippen LogP contribution in [0, 0.1) is 6.92 Å². The van der Waals surface area contributed by atoms with Gasteiger partial charge in [-0.05, 0) is 43.8 Å². The zero-order valence-electron chi connectivity index (χ0n) is 19.1. The molecule has 33 heavy (non-hydrogen) atoms. The molecule has 1 atom stereocenters. The molecule has 1 aliphatic rings. The molecule has 0 aliphatic carbocycles. The first-order valence-corrected chi connectivity index (χ1v) is 10.9. The van der Waals surface area contributed by atoms with Crippen molar-refractivity contribution in [3.63, 3.8) is 0 Å². The van der Waals surface area contributed by atoms with E-state index >= 15 is 0 Å². The maximum atomic E-state index is 5.76. The minimum atomic E-state index is -0.315. The molecule has 2 aromatic carbocycles. The van der Waals surface area contributed by atoms with E-state index in [-0.39, 0.29) is 6.04 Å². The first-order chi connectivity index (χ1) is 16.0. The van der Waals surface area contributed by atoms with Crippen molar-refractivity contribution in [1.82, 2.24) is 20.4 Å². The minimum Gasteiger partial charge on any atom is -0.493 e. The average molecular weight is 463 g/mol. The van der Waals surface area contributed by atoms with Gasteiger partial charge in [-0.1, -0.05) is 47.1 Å². The molecule has 0 amide bonds. The van der Waals surface area contributed by atoms with Crippen LogP contribution in [-0.2, 0) is 0 Å². The lowest BCUT2D eigenvalue weighted by Crippen LogP contribution is -2.45. The summed E-state index contributed by atoms with van der Waals surface area (Å²) < 4.78 is 16.7. The smallest absolute Gasteiger partial charge is 0.258 e. The highest BCUT2D eigenvalue weighted by Gasteiger charge is 2.34. The predicted octanol–water partition coefficient (Wildman–Crippen LogP) is 4.91. The van der Waals surface area contributed by atoms with Gasteiger partial charge in [0.25, 0.3) is 5.89 Å². The van der Waals surface area contributed by atoms with Gasteiger partial charge in [0, 0.05) is 17.8 Å². The van der Waals surface area contributed by atoms with E-state index in [1.165, 1.54) is 5.56 Å². The van der Waals surface area contributed by atoms with Crippen LogP contribution in [0.3, 0.4) is 0 Å². The van der Waals surface area contributed by atoms with Gasteiger partial charge < -0.3 is 24.2 Å². The monoisotopic (exact) mass is 462 g/mol. The molecule has 0 spiro atoms. The molecule has 1 aliphatic heterocycles. The van der Waals surface area contributed by atoms with E-state index in [2.05, 4.69) is 17.1 Å². The standard InChI is InChI=1S/C25H26N4O3S/c1-6-13-29-16(3)21(24-27-23(28-32-24)17-9-7-15(2)8-10-17)22(26-25(29)33)18-11-12-19(30-4)20(14-18)31-5/h6-12,14,22H,1,13H2,2-5H3,(H,26,33). The predicted molar refractivity (Wildman–Crippen MR) is 132 cm³/mol. The number of nitrogens with one attached hydrogen (secondary N) is 1. The van der Waals surface area contributed by atoms with E-state index in [1.54, 1.807) is 20.3 Å². The minimum absolute atomic E-state index is 0.315. The largest absolute Gasteiger partial charge is 0.493 e. The fourth-order valence-corrected chi connectivity index (χ4v) is 4.17. The second kappa shape index (κ2) is 9.46. The maximum absolute atomic E-state index is 5.76. The number of hydrogen-bond donors (Lipinski definition) is 1. The van der Waals surface area contributed by atoms with E-state index in [0.717, 1.165) is 22.4 Å². The number of aryl methyl sites for hydroxylation is 1. The Bertz CT molecular complexity index is 1220. The lowest BCUT2D eigenvalue weighted by atomic mass is 9.94. The lowest BCUT2D eigenvalue weighted by molar-refractivity contribution is 0.354. The van der Waals surface area contributed by atoms with Gasteiger partial charge in [-0.3, -0.25) is 0 Å². The highest BCUT2D eigenvalue weighted by molar-refractivity contribution is 7.80. The summed E-state index contributed by atoms with van der Waals surface area (Å²) in [5.41, 5.74) is 4.73. The SMILES string of the molecule is C=CCN1C(=S)NC(c2ccc(OC)c(OC)c2)C(c2nc(-c3ccc(C)cc3)no2)=C1C. The molecular weight excluding hydrogens is 436 g/mol. The Morgan fingerprint density at radius 3 is 2.52 bits per heavy atom. The van der Waals surface area contributed by atoms with Crippen LogP contribution in [0.2, 0.25) is 0 Å². The number of benzene rings is 2. The summed E-state index contributed by atoms with van der Waals surface area (Å²) >= 11 is 5.66. The van der Waals surface area contributed by atoms with Crippen LogP contribution in [0.1, 0.15) is 30.0 Å². The van der Waals surface area contributed by atoms with E-state index in [1.807, 2.05) is 61.2 Å². The highest BCUT2D eigenvalue weighted by atomic mass is 32.1. The number of allylic oxidation sites excluding steroid dienone is 1. The maximum Gasteiger partial charge on any atom is 0.258 e. The molecule has 0 fully saturated rings. The van der Waals surface area contributed by atoms with Crippen LogP contribution in [0.5, 0.6) is 11.5 Å². The molecule has 8 heteroatoms. The summed E-state index contributed by atoms with van der Waals surface area (Å²) in [5, 5.41) is 8.25. The van der Waals surface area contributed by atoms with Crippen LogP contribution in [-0.4, -0.2) is 40.9 Å². The fraction of sp³-hybridized carbons (Fsp3) is 0.240. The molecule has 4 rings (SSSR count). The Kier molecular flexibility index (Phi) is 6.46. The molecular formula is C25H26N4O3S. The first-order valence-electron chi connectivity index (χ1n) is 10.5. The van der Waals surface area contributed by atoms with Crippen molar-refractivity contribution in [2.75, 3.05) is 20.8 Å². The van der Waals surface area contributed by atoms with Crippen molar-refractivity contribution in [2.24, 2.45) is 0 Å². The van der Waals surface area contributed by atoms with E-state index in [9.17, 15) is 0 Å². The summed E-state index contributed by atoms with van der Waals surface area (Å²) in [6.07, 6.45) is 1.80. The quantitative estimate of drug-likeness (QED) is 0.392. The summed E-state index contributed by atoms with van der Waals surface area (Å²) in [7, 11) is 3.22. The molecule has 0 bridgehead atoms. The first kappa shape index (κ1) is 22.5. The van der Waals surface area contributed by atoms with Crippen molar-refractivity contribution >= 4 is 22.9 Å². The van der Waals surface area contributed by atoms with Crippen LogP contribution >= 0.6 is 12.2 Å². The molecule has 1 aromatic heterocycles. The lowest BCUT2D eigenvalue weighted by Gasteiger charge is -2.37. The fourth-order valence-electron chi connectivity index (χ4n) is 3.84. The highest BCUT2D eigenvalue weighted by Crippen LogP contribution is 2.40. The summed E-state index contributed by atoms with van der Waals surface area (Å²) in [6.45, 7) is 8.45. The molecule has 0 saturated heterocycles. The van der Waals surface area contributed by atoms with Crippen LogP contribution in [0.25, 0.3) is 17.0 Å². The van der Waals surface area contributed by atoms with Gasteiger partial charge in [-0.25, -0.2) is 0 Å². The molecule has 1 N–H and O–H groups in total. The topological polar surface area (TPSA) is 72.7 Å². The van der Waals surface area contributed by atoms with Crippen molar-refractivity contribution < 1.29 is 14.0 Å². The second-order valence-electron chi connectivity index (χ2n) is 7.68. The van der Waals surface area contributed by atoms with Crippen LogP contribution in [0.15, 0.2) is 65.3 Å². The third kappa shape index (κ3) is 4.34. The second-order valence-corrected chi connectivity index (χ2v) is 8.07. The summed E-state index contributed by atoms with van der Waals surface area (Å²) in [4.78, 5) is 6.69. The molecule has 7 nitrogen and oxygen atoms in total. The third-order valence-corrected chi connectivity index (χ3v) is 5.95. The van der Waals surface area contributed by atoms with Crippen molar-refractivity contribution in [3.05, 3.63) is 77.8 Å². The van der Waals surface area contributed by atoms with Gasteiger partial charge in [-0.15, -0.1) is 6.58 Å². The van der Waals surface area contributed by atoms with Gasteiger partial charge in [0.2, 0.25) is 5.82 Å². The Labute approximate surface area is 198 Å². The molecule has 0 radical (unpaired) electrons. The van der Waals surface area contributed by atoms with Crippen molar-refractivity contribution in [3.8, 4) is 22.9 Å². The van der Waals surface area contributed by atoms with E-state index < -0.39 is 0 Å². The summed E-state index contributed by atoms with van der Waals surface area (Å²) in [5.74, 6) is 2.22. The zero-order chi connectivity index (χ0) is 23.5. The number of aromatic nitrogens is 2. The van der Waals surface area contributed by atoms with E-state index in [0.29, 0.717) is 34.9 Å². The number of rotatable bonds is 7. The van der Waals surface area contributed by atoms with Crippen LogP contribution < -0.4 is 14.8 Å². The van der Waals surface area contributed by atoms with Gasteiger partial charge in [0.05, 0.1) is 25.8 Å². The number of nitrogens with zero attached hydrogens (tertiary/aromatic N) is 3.